The van der Waals surface area contributed by atoms with Crippen molar-refractivity contribution in [3.8, 4) is 0 Å². The van der Waals surface area contributed by atoms with Gasteiger partial charge in [0.2, 0.25) is 0 Å². The molecule has 0 saturated carbocycles. The van der Waals surface area contributed by atoms with E-state index in [1.54, 1.807) is 35.2 Å². The molecule has 0 fully saturated rings. The van der Waals surface area contributed by atoms with Gasteiger partial charge in [-0.15, -0.1) is 11.3 Å². The van der Waals surface area contributed by atoms with E-state index in [9.17, 15) is 9.18 Å². The third-order valence-electron chi connectivity index (χ3n) is 5.62. The smallest absolute Gasteiger partial charge is 0.313 e. The molecule has 4 nitrogen and oxygen atoms in total. The van der Waals surface area contributed by atoms with E-state index < -0.39 is 0 Å². The average molecular weight is 639 g/mol. The average Bonchev–Trinajstić information content (AvgIpc) is 3.47. The van der Waals surface area contributed by atoms with Crippen LogP contribution >= 0.6 is 39.0 Å². The van der Waals surface area contributed by atoms with Crippen LogP contribution in [0.4, 0.5) is 4.39 Å². The van der Waals surface area contributed by atoms with Gasteiger partial charge in [0.1, 0.15) is 5.82 Å². The number of esters is 1. The maximum atomic E-state index is 12.9. The lowest BCUT2D eigenvalue weighted by Gasteiger charge is -2.10. The van der Waals surface area contributed by atoms with Crippen molar-refractivity contribution < 1.29 is 19.2 Å². The fourth-order valence-electron chi connectivity index (χ4n) is 2.99. The van der Waals surface area contributed by atoms with Gasteiger partial charge in [-0.25, -0.2) is 4.39 Å². The van der Waals surface area contributed by atoms with Gasteiger partial charge >= 0.3 is 5.97 Å². The number of rotatable bonds is 11. The molecule has 0 bridgehead atoms. The number of carbonyl (C=O) groups is 1. The normalized spacial score (nSPS) is 10.5. The Morgan fingerprint density at radius 3 is 2.11 bits per heavy atom. The highest BCUT2D eigenvalue weighted by Gasteiger charge is 2.15. The van der Waals surface area contributed by atoms with Crippen molar-refractivity contribution in [2.75, 3.05) is 59.2 Å². The number of ether oxygens (including phenoxy) is 1. The Hall–Kier alpha value is -0.930. The Labute approximate surface area is 250 Å². The zero-order valence-corrected chi connectivity index (χ0v) is 28.8. The van der Waals surface area contributed by atoms with E-state index in [4.69, 9.17) is 0 Å². The Morgan fingerprint density at radius 1 is 1.11 bits per heavy atom. The van der Waals surface area contributed by atoms with Gasteiger partial charge < -0.3 is 15.0 Å². The first kappa shape index (κ1) is 41.5. The maximum Gasteiger partial charge on any atom is 0.313 e. The Balaban J connectivity index is -0.000000498. The third kappa shape index (κ3) is 25.4. The molecule has 2 rings (SSSR count). The predicted octanol–water partition coefficient (Wildman–Crippen LogP) is 7.34. The predicted molar refractivity (Wildman–Crippen MR) is 174 cm³/mol. The van der Waals surface area contributed by atoms with Crippen LogP contribution in [0.5, 0.6) is 0 Å². The van der Waals surface area contributed by atoms with Crippen molar-refractivity contribution in [1.29, 1.82) is 0 Å². The van der Waals surface area contributed by atoms with Crippen LogP contribution in [0, 0.1) is 11.7 Å². The number of hydrogen-bond donors (Lipinski definition) is 1. The zero-order valence-electron chi connectivity index (χ0n) is 25.6. The Morgan fingerprint density at radius 2 is 1.68 bits per heavy atom. The number of halogens is 2. The van der Waals surface area contributed by atoms with E-state index in [0.29, 0.717) is 0 Å². The van der Waals surface area contributed by atoms with Gasteiger partial charge in [-0.2, -0.15) is 11.8 Å². The summed E-state index contributed by atoms with van der Waals surface area (Å²) in [6, 6.07) is 10.8. The summed E-state index contributed by atoms with van der Waals surface area (Å²) in [5, 5.41) is 4.30. The maximum absolute atomic E-state index is 12.9. The largest absolute Gasteiger partial charge is 0.469 e. The summed E-state index contributed by atoms with van der Waals surface area (Å²) in [5.74, 6) is 2.26. The van der Waals surface area contributed by atoms with E-state index in [0.717, 1.165) is 35.9 Å². The highest BCUT2D eigenvalue weighted by Crippen LogP contribution is 2.21. The first-order valence-corrected chi connectivity index (χ1v) is 17.4. The van der Waals surface area contributed by atoms with Crippen molar-refractivity contribution in [3.63, 3.8) is 0 Å². The number of quaternary nitrogens is 1. The minimum Gasteiger partial charge on any atom is -0.469 e. The van der Waals surface area contributed by atoms with Crippen LogP contribution < -0.4 is 5.32 Å². The lowest BCUT2D eigenvalue weighted by Crippen LogP contribution is -2.84. The molecule has 0 amide bonds. The molecule has 1 aromatic carbocycles. The van der Waals surface area contributed by atoms with Crippen molar-refractivity contribution >= 4 is 45.0 Å². The summed E-state index contributed by atoms with van der Waals surface area (Å²) in [6.45, 7) is 11.9. The molecule has 2 N–H and O–H groups in total. The molecule has 0 aliphatic rings. The molecule has 0 radical (unpaired) electrons. The molecule has 38 heavy (non-hydrogen) atoms. The molecule has 0 spiro atoms. The summed E-state index contributed by atoms with van der Waals surface area (Å²) in [4.78, 5) is 14.2. The number of thioether (sulfide) groups is 1. The summed E-state index contributed by atoms with van der Waals surface area (Å²) < 4.78 is 17.5. The number of benzene rings is 1. The van der Waals surface area contributed by atoms with E-state index >= 15 is 0 Å². The quantitative estimate of drug-likeness (QED) is 0.159. The van der Waals surface area contributed by atoms with Crippen molar-refractivity contribution in [1.82, 2.24) is 4.90 Å². The van der Waals surface area contributed by atoms with Crippen LogP contribution in [0.25, 0.3) is 0 Å². The molecule has 1 heterocycles. The van der Waals surface area contributed by atoms with Crippen molar-refractivity contribution in [3.05, 3.63) is 58.0 Å². The topological polar surface area (TPSA) is 46.2 Å². The second-order valence-electron chi connectivity index (χ2n) is 8.78. The van der Waals surface area contributed by atoms with Crippen LogP contribution in [0.15, 0.2) is 41.8 Å². The number of alkyl halides is 1. The van der Waals surface area contributed by atoms with E-state index in [1.165, 1.54) is 39.0 Å². The van der Waals surface area contributed by atoms with Gasteiger partial charge in [-0.05, 0) is 87.4 Å². The minimum absolute atomic E-state index is 0.125. The van der Waals surface area contributed by atoms with Crippen LogP contribution in [0.3, 0.4) is 0 Å². The van der Waals surface area contributed by atoms with E-state index in [2.05, 4.69) is 65.8 Å². The molecule has 8 heteroatoms. The summed E-state index contributed by atoms with van der Waals surface area (Å²) in [7, 11) is 5.52. The second kappa shape index (κ2) is 30.6. The molecule has 1 aromatic heterocycles. The minimum atomic E-state index is -0.174. The van der Waals surface area contributed by atoms with E-state index in [1.807, 2.05) is 48.8 Å². The summed E-state index contributed by atoms with van der Waals surface area (Å²) in [5.41, 5.74) is 1.10. The van der Waals surface area contributed by atoms with Gasteiger partial charge in [-0.1, -0.05) is 67.7 Å². The third-order valence-corrected chi connectivity index (χ3v) is 6.67. The van der Waals surface area contributed by atoms with Crippen molar-refractivity contribution in [2.24, 2.45) is 5.92 Å². The lowest BCUT2D eigenvalue weighted by molar-refractivity contribution is -0.655. The lowest BCUT2D eigenvalue weighted by atomic mass is 10.00. The first-order chi connectivity index (χ1) is 18.2. The van der Waals surface area contributed by atoms with Gasteiger partial charge in [0.05, 0.1) is 26.1 Å². The number of nitrogens with two attached hydrogens (primary N) is 1. The monoisotopic (exact) mass is 637 g/mol. The summed E-state index contributed by atoms with van der Waals surface area (Å²) >= 11 is 6.26. The van der Waals surface area contributed by atoms with Gasteiger partial charge in [0.25, 0.3) is 0 Å². The van der Waals surface area contributed by atoms with Crippen molar-refractivity contribution in [2.45, 2.75) is 59.3 Å². The van der Waals surface area contributed by atoms with Gasteiger partial charge in [-0.3, -0.25) is 4.79 Å². The number of thiophene rings is 1. The number of nitrogens with zero attached hydrogens (tertiary/aromatic N) is 1. The Bertz CT molecular complexity index is 746. The van der Waals surface area contributed by atoms with Crippen LogP contribution in [-0.4, -0.2) is 70.1 Å². The van der Waals surface area contributed by atoms with Crippen LogP contribution in [0.1, 0.15) is 63.3 Å². The Kier molecular flexibility index (Phi) is 33.5. The van der Waals surface area contributed by atoms with Gasteiger partial charge in [0.15, 0.2) is 0 Å². The highest BCUT2D eigenvalue weighted by molar-refractivity contribution is 9.08. The fourth-order valence-corrected chi connectivity index (χ4v) is 3.76. The molecule has 0 aliphatic heterocycles. The fraction of sp³-hybridized carbons (Fsp3) is 0.633. The number of carbonyl (C=O) groups excluding carboxylic acids is 1. The van der Waals surface area contributed by atoms with Gasteiger partial charge in [0, 0.05) is 11.3 Å². The molecule has 1 unspecified atom stereocenters. The first-order valence-electron chi connectivity index (χ1n) is 13.3. The number of hydrogen-bond acceptors (Lipinski definition) is 5. The summed E-state index contributed by atoms with van der Waals surface area (Å²) in [6.07, 6.45) is 8.92. The van der Waals surface area contributed by atoms with Crippen LogP contribution in [-0.2, 0) is 16.0 Å². The highest BCUT2D eigenvalue weighted by atomic mass is 79.9. The molecule has 0 aliphatic carbocycles. The van der Waals surface area contributed by atoms with Crippen LogP contribution in [0.2, 0.25) is 0 Å². The molecule has 1 atom stereocenters. The SMILES string of the molecule is CBr.CCC(CC)CC[NH2+]CCc1cccc(F)c1.CCN(C)C.COC(=O)C(C)c1cccs1.CSC. The second-order valence-corrected chi connectivity index (χ2v) is 10.6. The number of methoxy groups -OCH3 is 1. The molecule has 0 saturated heterocycles. The molecular weight excluding hydrogens is 583 g/mol. The van der Waals surface area contributed by atoms with E-state index in [-0.39, 0.29) is 17.7 Å². The molecule has 222 valence electrons. The zero-order chi connectivity index (χ0) is 29.8. The molecular formula is C30H55BrFN2O2S2+. The standard InChI is InChI=1S/C15H24FN.C8H10O2S.C4H11N.C2H6S.CH3Br/c1-3-13(4-2)8-10-17-11-9-14-6-5-7-15(16)12-14;1-6(8(9)10-2)7-4-3-5-11-7;1-4-5(2)3;1-3-2;1-2/h5-7,12-13,17H,3-4,8-11H2,1-2H3;3-6H,1-2H3;4H2,1-3H3;1-2H3;1H3/p+1. The molecule has 2 aromatic rings.